The molecule has 2 rings (SSSR count). The third-order valence-electron chi connectivity index (χ3n) is 3.38. The highest BCUT2D eigenvalue weighted by Gasteiger charge is 2.14. The second-order valence-electron chi connectivity index (χ2n) is 4.64. The largest absolute Gasteiger partial charge is 0.295 e. The quantitative estimate of drug-likeness (QED) is 0.801. The fraction of sp³-hybridized carbons (Fsp3) is 0.333. The van der Waals surface area contributed by atoms with Gasteiger partial charge in [0.1, 0.15) is 0 Å². The van der Waals surface area contributed by atoms with Crippen LogP contribution in [0.25, 0.3) is 5.69 Å². The molecule has 0 aliphatic heterocycles. The van der Waals surface area contributed by atoms with E-state index in [1.54, 1.807) is 6.92 Å². The van der Waals surface area contributed by atoms with Gasteiger partial charge in [-0.15, -0.1) is 0 Å². The summed E-state index contributed by atoms with van der Waals surface area (Å²) in [5.41, 5.74) is 5.15. The molecule has 0 unspecified atom stereocenters. The van der Waals surface area contributed by atoms with Crippen LogP contribution in [0, 0.1) is 13.8 Å². The Morgan fingerprint density at radius 2 is 2.05 bits per heavy atom. The van der Waals surface area contributed by atoms with E-state index in [1.165, 1.54) is 5.56 Å². The molecule has 0 N–H and O–H groups in total. The molecule has 0 saturated carbocycles. The zero-order chi connectivity index (χ0) is 14.2. The van der Waals surface area contributed by atoms with Crippen LogP contribution in [-0.4, -0.2) is 15.6 Å². The Bertz CT molecular complexity index is 644. The fourth-order valence-electron chi connectivity index (χ4n) is 2.32. The van der Waals surface area contributed by atoms with Crippen LogP contribution < -0.4 is 0 Å². The molecule has 0 fully saturated rings. The van der Waals surface area contributed by atoms with E-state index in [-0.39, 0.29) is 5.78 Å². The monoisotopic (exact) mass is 320 g/mol. The van der Waals surface area contributed by atoms with Crippen LogP contribution in [0.1, 0.15) is 41.2 Å². The van der Waals surface area contributed by atoms with E-state index < -0.39 is 0 Å². The molecular formula is C15H17BrN2O. The van der Waals surface area contributed by atoms with E-state index in [0.29, 0.717) is 5.56 Å². The SMILES string of the molecule is CCc1c(C)nn(-c2ccc(C(C)=O)cc2Br)c1C. The molecule has 1 aromatic heterocycles. The minimum Gasteiger partial charge on any atom is -0.295 e. The zero-order valence-electron chi connectivity index (χ0n) is 11.6. The summed E-state index contributed by atoms with van der Waals surface area (Å²) in [7, 11) is 0. The number of ketones is 1. The Kier molecular flexibility index (Phi) is 3.90. The van der Waals surface area contributed by atoms with Crippen molar-refractivity contribution >= 4 is 21.7 Å². The lowest BCUT2D eigenvalue weighted by atomic mass is 10.1. The number of rotatable bonds is 3. The molecule has 2 aromatic rings. The Hall–Kier alpha value is -1.42. The predicted octanol–water partition coefficient (Wildman–Crippen LogP) is 4.02. The van der Waals surface area contributed by atoms with E-state index >= 15 is 0 Å². The van der Waals surface area contributed by atoms with Crippen molar-refractivity contribution in [1.82, 2.24) is 9.78 Å². The Morgan fingerprint density at radius 3 is 2.53 bits per heavy atom. The number of aryl methyl sites for hydroxylation is 1. The molecule has 0 spiro atoms. The highest BCUT2D eigenvalue weighted by Crippen LogP contribution is 2.26. The first kappa shape index (κ1) is 14.0. The smallest absolute Gasteiger partial charge is 0.159 e. The van der Waals surface area contributed by atoms with Gasteiger partial charge >= 0.3 is 0 Å². The van der Waals surface area contributed by atoms with Gasteiger partial charge in [0.05, 0.1) is 11.4 Å². The summed E-state index contributed by atoms with van der Waals surface area (Å²) >= 11 is 3.53. The maximum absolute atomic E-state index is 11.4. The number of nitrogens with zero attached hydrogens (tertiary/aromatic N) is 2. The molecule has 1 heterocycles. The van der Waals surface area contributed by atoms with Crippen molar-refractivity contribution in [1.29, 1.82) is 0 Å². The molecule has 0 atom stereocenters. The molecular weight excluding hydrogens is 304 g/mol. The Labute approximate surface area is 121 Å². The molecule has 0 amide bonds. The van der Waals surface area contributed by atoms with Crippen molar-refractivity contribution in [3.05, 3.63) is 45.2 Å². The number of carbonyl (C=O) groups is 1. The first-order chi connectivity index (χ1) is 8.95. The summed E-state index contributed by atoms with van der Waals surface area (Å²) in [6, 6.07) is 5.62. The summed E-state index contributed by atoms with van der Waals surface area (Å²) in [4.78, 5) is 11.4. The summed E-state index contributed by atoms with van der Waals surface area (Å²) in [5.74, 6) is 0.0647. The van der Waals surface area contributed by atoms with E-state index in [2.05, 4.69) is 34.9 Å². The van der Waals surface area contributed by atoms with E-state index in [1.807, 2.05) is 29.8 Å². The van der Waals surface area contributed by atoms with Gasteiger partial charge in [0, 0.05) is 15.7 Å². The average Bonchev–Trinajstić information content (AvgIpc) is 2.64. The molecule has 3 nitrogen and oxygen atoms in total. The maximum atomic E-state index is 11.4. The predicted molar refractivity (Wildman–Crippen MR) is 80.1 cm³/mol. The van der Waals surface area contributed by atoms with Crippen LogP contribution in [0.2, 0.25) is 0 Å². The van der Waals surface area contributed by atoms with Gasteiger partial charge in [0.15, 0.2) is 5.78 Å². The van der Waals surface area contributed by atoms with Crippen molar-refractivity contribution < 1.29 is 4.79 Å². The van der Waals surface area contributed by atoms with Gasteiger partial charge in [-0.25, -0.2) is 4.68 Å². The van der Waals surface area contributed by atoms with Crippen molar-refractivity contribution in [3.63, 3.8) is 0 Å². The number of benzene rings is 1. The van der Waals surface area contributed by atoms with Crippen molar-refractivity contribution in [2.45, 2.75) is 34.1 Å². The molecule has 0 radical (unpaired) electrons. The first-order valence-corrected chi connectivity index (χ1v) is 7.11. The fourth-order valence-corrected chi connectivity index (χ4v) is 2.87. The van der Waals surface area contributed by atoms with E-state index in [4.69, 9.17) is 0 Å². The van der Waals surface area contributed by atoms with Gasteiger partial charge in [-0.3, -0.25) is 4.79 Å². The lowest BCUT2D eigenvalue weighted by Gasteiger charge is -2.08. The van der Waals surface area contributed by atoms with Crippen LogP contribution in [0.5, 0.6) is 0 Å². The maximum Gasteiger partial charge on any atom is 0.159 e. The first-order valence-electron chi connectivity index (χ1n) is 6.31. The number of halogens is 1. The lowest BCUT2D eigenvalue weighted by Crippen LogP contribution is -2.02. The standard InChI is InChI=1S/C15H17BrN2O/c1-5-13-9(2)17-18(10(13)3)15-7-6-12(11(4)19)8-14(15)16/h6-8H,5H2,1-4H3. The zero-order valence-corrected chi connectivity index (χ0v) is 13.2. The molecule has 4 heteroatoms. The molecule has 0 saturated heterocycles. The van der Waals surface area contributed by atoms with E-state index in [9.17, 15) is 4.79 Å². The van der Waals surface area contributed by atoms with Crippen LogP contribution in [-0.2, 0) is 6.42 Å². The second-order valence-corrected chi connectivity index (χ2v) is 5.49. The molecule has 0 aliphatic rings. The Balaban J connectivity index is 2.57. The van der Waals surface area contributed by atoms with Crippen molar-refractivity contribution in [2.75, 3.05) is 0 Å². The van der Waals surface area contributed by atoms with Crippen molar-refractivity contribution in [3.8, 4) is 5.69 Å². The second kappa shape index (κ2) is 5.29. The number of aromatic nitrogens is 2. The third kappa shape index (κ3) is 2.50. The van der Waals surface area contributed by atoms with Gasteiger partial charge in [-0.2, -0.15) is 5.10 Å². The summed E-state index contributed by atoms with van der Waals surface area (Å²) in [6.07, 6.45) is 0.973. The van der Waals surface area contributed by atoms with Gasteiger partial charge in [-0.1, -0.05) is 6.92 Å². The molecule has 0 bridgehead atoms. The van der Waals surface area contributed by atoms with E-state index in [0.717, 1.165) is 28.0 Å². The van der Waals surface area contributed by atoms with Crippen LogP contribution >= 0.6 is 15.9 Å². The van der Waals surface area contributed by atoms with Gasteiger partial charge in [0.25, 0.3) is 0 Å². The van der Waals surface area contributed by atoms with Crippen LogP contribution in [0.3, 0.4) is 0 Å². The summed E-state index contributed by atoms with van der Waals surface area (Å²) in [5, 5.41) is 4.59. The van der Waals surface area contributed by atoms with Crippen LogP contribution in [0.4, 0.5) is 0 Å². The average molecular weight is 321 g/mol. The topological polar surface area (TPSA) is 34.9 Å². The van der Waals surface area contributed by atoms with Gasteiger partial charge in [-0.05, 0) is 66.9 Å². The number of Topliss-reactive ketones (excluding diaryl/α,β-unsaturated/α-hetero) is 1. The normalized spacial score (nSPS) is 10.8. The molecule has 0 aliphatic carbocycles. The molecule has 19 heavy (non-hydrogen) atoms. The minimum atomic E-state index is 0.0647. The third-order valence-corrected chi connectivity index (χ3v) is 4.01. The van der Waals surface area contributed by atoms with Gasteiger partial charge < -0.3 is 0 Å². The molecule has 100 valence electrons. The molecule has 1 aromatic carbocycles. The number of carbonyl (C=O) groups excluding carboxylic acids is 1. The summed E-state index contributed by atoms with van der Waals surface area (Å²) in [6.45, 7) is 7.81. The van der Waals surface area contributed by atoms with Crippen LogP contribution in [0.15, 0.2) is 22.7 Å². The number of hydrogen-bond acceptors (Lipinski definition) is 2. The highest BCUT2D eigenvalue weighted by atomic mass is 79.9. The Morgan fingerprint density at radius 1 is 1.37 bits per heavy atom. The lowest BCUT2D eigenvalue weighted by molar-refractivity contribution is 0.101. The summed E-state index contributed by atoms with van der Waals surface area (Å²) < 4.78 is 2.82. The van der Waals surface area contributed by atoms with Gasteiger partial charge in [0.2, 0.25) is 0 Å². The van der Waals surface area contributed by atoms with Crippen molar-refractivity contribution in [2.24, 2.45) is 0 Å². The minimum absolute atomic E-state index is 0.0647. The number of hydrogen-bond donors (Lipinski definition) is 0. The highest BCUT2D eigenvalue weighted by molar-refractivity contribution is 9.10.